The molecule has 0 bridgehead atoms. The van der Waals surface area contributed by atoms with Gasteiger partial charge in [0, 0.05) is 10.7 Å². The number of para-hydroxylation sites is 1. The minimum atomic E-state index is -0.145. The van der Waals surface area contributed by atoms with Crippen molar-refractivity contribution in [2.24, 2.45) is 0 Å². The largest absolute Gasteiger partial charge is 0.486 e. The van der Waals surface area contributed by atoms with Gasteiger partial charge in [-0.2, -0.15) is 0 Å². The van der Waals surface area contributed by atoms with Gasteiger partial charge in [0.1, 0.15) is 12.4 Å². The molecule has 8 heteroatoms. The van der Waals surface area contributed by atoms with Crippen LogP contribution in [-0.4, -0.2) is 26.4 Å². The number of carbonyl (C=O) groups excluding carboxylic acids is 1. The zero-order valence-corrected chi connectivity index (χ0v) is 18.7. The van der Waals surface area contributed by atoms with Crippen molar-refractivity contribution in [2.75, 3.05) is 11.1 Å². The molecule has 0 radical (unpaired) electrons. The van der Waals surface area contributed by atoms with Gasteiger partial charge in [0.2, 0.25) is 5.91 Å². The van der Waals surface area contributed by atoms with Gasteiger partial charge >= 0.3 is 0 Å². The zero-order chi connectivity index (χ0) is 22.2. The average molecular weight is 465 g/mol. The SMILES string of the molecule is O=C(CSc1nnc(COc2ccccc2)n1Cc1ccccc1)Nc1cccc(Cl)c1. The van der Waals surface area contributed by atoms with E-state index in [0.29, 0.717) is 28.2 Å². The molecule has 0 atom stereocenters. The van der Waals surface area contributed by atoms with Gasteiger partial charge in [0.15, 0.2) is 11.0 Å². The van der Waals surface area contributed by atoms with Gasteiger partial charge in [-0.05, 0) is 35.9 Å². The fourth-order valence-electron chi connectivity index (χ4n) is 3.02. The maximum Gasteiger partial charge on any atom is 0.234 e. The molecule has 3 aromatic carbocycles. The van der Waals surface area contributed by atoms with Crippen LogP contribution in [0.25, 0.3) is 0 Å². The summed E-state index contributed by atoms with van der Waals surface area (Å²) >= 11 is 7.31. The van der Waals surface area contributed by atoms with Crippen LogP contribution in [0.3, 0.4) is 0 Å². The lowest BCUT2D eigenvalue weighted by molar-refractivity contribution is -0.113. The molecular weight excluding hydrogens is 444 g/mol. The highest BCUT2D eigenvalue weighted by atomic mass is 35.5. The summed E-state index contributed by atoms with van der Waals surface area (Å²) in [5.41, 5.74) is 1.77. The van der Waals surface area contributed by atoms with Crippen molar-refractivity contribution >= 4 is 35.0 Å². The summed E-state index contributed by atoms with van der Waals surface area (Å²) in [6, 6.07) is 26.7. The Bertz CT molecular complexity index is 1170. The van der Waals surface area contributed by atoms with Crippen molar-refractivity contribution in [3.63, 3.8) is 0 Å². The lowest BCUT2D eigenvalue weighted by Crippen LogP contribution is -2.15. The Labute approximate surface area is 195 Å². The Morgan fingerprint density at radius 3 is 2.47 bits per heavy atom. The van der Waals surface area contributed by atoms with Crippen molar-refractivity contribution in [2.45, 2.75) is 18.3 Å². The molecule has 32 heavy (non-hydrogen) atoms. The van der Waals surface area contributed by atoms with Gasteiger partial charge in [0.05, 0.1) is 12.3 Å². The van der Waals surface area contributed by atoms with Gasteiger partial charge in [-0.25, -0.2) is 0 Å². The summed E-state index contributed by atoms with van der Waals surface area (Å²) in [4.78, 5) is 12.4. The van der Waals surface area contributed by atoms with Crippen molar-refractivity contribution in [1.29, 1.82) is 0 Å². The number of ether oxygens (including phenoxy) is 1. The van der Waals surface area contributed by atoms with E-state index >= 15 is 0 Å². The van der Waals surface area contributed by atoms with Gasteiger partial charge in [0.25, 0.3) is 0 Å². The summed E-state index contributed by atoms with van der Waals surface area (Å²) in [5.74, 6) is 1.50. The fraction of sp³-hybridized carbons (Fsp3) is 0.125. The Hall–Kier alpha value is -3.29. The minimum absolute atomic E-state index is 0.145. The number of aromatic nitrogens is 3. The molecule has 0 saturated carbocycles. The Morgan fingerprint density at radius 1 is 0.969 bits per heavy atom. The normalized spacial score (nSPS) is 10.7. The third kappa shape index (κ3) is 6.12. The van der Waals surface area contributed by atoms with E-state index in [-0.39, 0.29) is 18.3 Å². The molecule has 4 aromatic rings. The van der Waals surface area contributed by atoms with E-state index in [1.165, 1.54) is 11.8 Å². The molecule has 1 amide bonds. The fourth-order valence-corrected chi connectivity index (χ4v) is 3.96. The van der Waals surface area contributed by atoms with Crippen molar-refractivity contribution in [3.05, 3.63) is 101 Å². The van der Waals surface area contributed by atoms with Gasteiger partial charge < -0.3 is 10.1 Å². The Morgan fingerprint density at radius 2 is 1.72 bits per heavy atom. The van der Waals surface area contributed by atoms with Crippen LogP contribution in [0.2, 0.25) is 5.02 Å². The predicted octanol–water partition coefficient (Wildman–Crippen LogP) is 5.29. The van der Waals surface area contributed by atoms with Crippen molar-refractivity contribution in [3.8, 4) is 5.75 Å². The lowest BCUT2D eigenvalue weighted by atomic mass is 10.2. The minimum Gasteiger partial charge on any atom is -0.486 e. The van der Waals surface area contributed by atoms with Crippen LogP contribution in [0.1, 0.15) is 11.4 Å². The van der Waals surface area contributed by atoms with Gasteiger partial charge in [-0.15, -0.1) is 10.2 Å². The number of nitrogens with zero attached hydrogens (tertiary/aromatic N) is 3. The van der Waals surface area contributed by atoms with E-state index in [9.17, 15) is 4.79 Å². The molecule has 162 valence electrons. The van der Waals surface area contributed by atoms with Gasteiger partial charge in [-0.1, -0.05) is 78.0 Å². The van der Waals surface area contributed by atoms with Crippen LogP contribution < -0.4 is 10.1 Å². The summed E-state index contributed by atoms with van der Waals surface area (Å²) < 4.78 is 7.86. The first-order valence-electron chi connectivity index (χ1n) is 9.99. The second-order valence-electron chi connectivity index (χ2n) is 6.92. The van der Waals surface area contributed by atoms with Crippen LogP contribution in [0.4, 0.5) is 5.69 Å². The van der Waals surface area contributed by atoms with Crippen LogP contribution in [0, 0.1) is 0 Å². The number of nitrogens with one attached hydrogen (secondary N) is 1. The highest BCUT2D eigenvalue weighted by Gasteiger charge is 2.15. The number of anilines is 1. The van der Waals surface area contributed by atoms with Crippen LogP contribution in [0.15, 0.2) is 90.1 Å². The average Bonchev–Trinajstić information content (AvgIpc) is 3.19. The van der Waals surface area contributed by atoms with E-state index < -0.39 is 0 Å². The zero-order valence-electron chi connectivity index (χ0n) is 17.1. The molecule has 6 nitrogen and oxygen atoms in total. The number of rotatable bonds is 9. The number of benzene rings is 3. The van der Waals surface area contributed by atoms with E-state index in [2.05, 4.69) is 15.5 Å². The van der Waals surface area contributed by atoms with E-state index in [0.717, 1.165) is 11.3 Å². The number of amides is 1. The second-order valence-corrected chi connectivity index (χ2v) is 8.30. The van der Waals surface area contributed by atoms with E-state index in [1.807, 2.05) is 65.2 Å². The topological polar surface area (TPSA) is 69.0 Å². The van der Waals surface area contributed by atoms with Gasteiger partial charge in [-0.3, -0.25) is 9.36 Å². The quantitative estimate of drug-likeness (QED) is 0.341. The predicted molar refractivity (Wildman–Crippen MR) is 127 cm³/mol. The molecule has 4 rings (SSSR count). The number of halogens is 1. The monoisotopic (exact) mass is 464 g/mol. The van der Waals surface area contributed by atoms with E-state index in [1.54, 1.807) is 24.3 Å². The summed E-state index contributed by atoms with van der Waals surface area (Å²) in [5, 5.41) is 12.7. The van der Waals surface area contributed by atoms with Crippen LogP contribution in [-0.2, 0) is 17.9 Å². The molecule has 1 heterocycles. The summed E-state index contributed by atoms with van der Waals surface area (Å²) in [6.07, 6.45) is 0. The molecule has 0 saturated heterocycles. The third-order valence-electron chi connectivity index (χ3n) is 4.53. The van der Waals surface area contributed by atoms with Crippen LogP contribution in [0.5, 0.6) is 5.75 Å². The first-order valence-corrected chi connectivity index (χ1v) is 11.4. The van der Waals surface area contributed by atoms with Crippen molar-refractivity contribution in [1.82, 2.24) is 14.8 Å². The maximum atomic E-state index is 12.4. The number of carbonyl (C=O) groups is 1. The highest BCUT2D eigenvalue weighted by molar-refractivity contribution is 7.99. The Balaban J connectivity index is 1.46. The standard InChI is InChI=1S/C24H21ClN4O2S/c25-19-10-7-11-20(14-19)26-23(30)17-32-24-28-27-22(16-31-21-12-5-2-6-13-21)29(24)15-18-8-3-1-4-9-18/h1-14H,15-17H2,(H,26,30). The van der Waals surface area contributed by atoms with E-state index in [4.69, 9.17) is 16.3 Å². The first-order chi connectivity index (χ1) is 15.7. The summed E-state index contributed by atoms with van der Waals surface area (Å²) in [6.45, 7) is 0.860. The maximum absolute atomic E-state index is 12.4. The molecule has 1 N–H and O–H groups in total. The number of hydrogen-bond donors (Lipinski definition) is 1. The Kier molecular flexibility index (Phi) is 7.42. The molecule has 0 spiro atoms. The molecule has 1 aromatic heterocycles. The molecule has 0 aliphatic carbocycles. The first kappa shape index (κ1) is 21.9. The molecule has 0 unspecified atom stereocenters. The summed E-state index contributed by atoms with van der Waals surface area (Å²) in [7, 11) is 0. The lowest BCUT2D eigenvalue weighted by Gasteiger charge is -2.11. The molecule has 0 aliphatic rings. The number of thioether (sulfide) groups is 1. The molecule has 0 aliphatic heterocycles. The van der Waals surface area contributed by atoms with Crippen molar-refractivity contribution < 1.29 is 9.53 Å². The third-order valence-corrected chi connectivity index (χ3v) is 5.73. The smallest absolute Gasteiger partial charge is 0.234 e. The molecule has 0 fully saturated rings. The van der Waals surface area contributed by atoms with Crippen LogP contribution >= 0.6 is 23.4 Å². The number of hydrogen-bond acceptors (Lipinski definition) is 5. The highest BCUT2D eigenvalue weighted by Crippen LogP contribution is 2.21. The molecular formula is C24H21ClN4O2S. The second kappa shape index (κ2) is 10.8.